The molecule has 2 nitrogen and oxygen atoms in total. The first kappa shape index (κ1) is 8.94. The molecule has 0 aromatic heterocycles. The van der Waals surface area contributed by atoms with Gasteiger partial charge in [0.1, 0.15) is 6.17 Å². The van der Waals surface area contributed by atoms with Gasteiger partial charge in [-0.2, -0.15) is 0 Å². The lowest BCUT2D eigenvalue weighted by molar-refractivity contribution is 0.223. The van der Waals surface area contributed by atoms with E-state index in [1.165, 1.54) is 0 Å². The van der Waals surface area contributed by atoms with Crippen molar-refractivity contribution >= 4 is 0 Å². The van der Waals surface area contributed by atoms with Gasteiger partial charge < -0.3 is 10.6 Å². The van der Waals surface area contributed by atoms with E-state index in [9.17, 15) is 4.39 Å². The zero-order chi connectivity index (χ0) is 8.27. The molecule has 0 amide bonds. The van der Waals surface area contributed by atoms with E-state index < -0.39 is 6.17 Å². The molecule has 1 heterocycles. The molecule has 66 valence electrons. The third kappa shape index (κ3) is 3.16. The molecule has 0 aromatic rings. The topological polar surface area (TPSA) is 24.1 Å². The standard InChI is InChI=1S/C8H17FN2/c1-6(2)11-8-3-7(9)4-10-5-8/h6-8,10-11H,3-5H2,1-2H3/t7-,8-/m1/s1. The van der Waals surface area contributed by atoms with Gasteiger partial charge in [-0.05, 0) is 6.42 Å². The van der Waals surface area contributed by atoms with Crippen LogP contribution in [0.2, 0.25) is 0 Å². The van der Waals surface area contributed by atoms with Crippen molar-refractivity contribution < 1.29 is 4.39 Å². The first-order chi connectivity index (χ1) is 5.18. The fourth-order valence-corrected chi connectivity index (χ4v) is 1.49. The molecule has 0 bridgehead atoms. The van der Waals surface area contributed by atoms with Crippen LogP contribution in [0, 0.1) is 0 Å². The van der Waals surface area contributed by atoms with Gasteiger partial charge in [-0.3, -0.25) is 0 Å². The summed E-state index contributed by atoms with van der Waals surface area (Å²) in [4.78, 5) is 0. The van der Waals surface area contributed by atoms with Gasteiger partial charge in [0, 0.05) is 25.2 Å². The van der Waals surface area contributed by atoms with Crippen LogP contribution in [0.5, 0.6) is 0 Å². The third-order valence-electron chi connectivity index (χ3n) is 1.87. The first-order valence-electron chi connectivity index (χ1n) is 4.29. The molecule has 1 fully saturated rings. The summed E-state index contributed by atoms with van der Waals surface area (Å²) in [5.41, 5.74) is 0. The Hall–Kier alpha value is -0.150. The lowest BCUT2D eigenvalue weighted by Gasteiger charge is -2.28. The average Bonchev–Trinajstić information content (AvgIpc) is 1.85. The minimum Gasteiger partial charge on any atom is -0.312 e. The molecule has 1 rings (SSSR count). The van der Waals surface area contributed by atoms with Crippen molar-refractivity contribution in [1.82, 2.24) is 10.6 Å². The number of hydrogen-bond acceptors (Lipinski definition) is 2. The summed E-state index contributed by atoms with van der Waals surface area (Å²) < 4.78 is 12.8. The van der Waals surface area contributed by atoms with Crippen molar-refractivity contribution in [3.63, 3.8) is 0 Å². The molecule has 2 N–H and O–H groups in total. The number of nitrogens with one attached hydrogen (secondary N) is 2. The molecule has 0 aromatic carbocycles. The second kappa shape index (κ2) is 4.02. The van der Waals surface area contributed by atoms with Crippen LogP contribution in [0.1, 0.15) is 20.3 Å². The van der Waals surface area contributed by atoms with Crippen molar-refractivity contribution in [3.05, 3.63) is 0 Å². The van der Waals surface area contributed by atoms with Gasteiger partial charge in [-0.25, -0.2) is 4.39 Å². The van der Waals surface area contributed by atoms with Gasteiger partial charge in [-0.1, -0.05) is 13.8 Å². The maximum Gasteiger partial charge on any atom is 0.114 e. The van der Waals surface area contributed by atoms with E-state index in [1.807, 2.05) is 0 Å². The second-order valence-corrected chi connectivity index (χ2v) is 3.51. The molecule has 0 radical (unpaired) electrons. The van der Waals surface area contributed by atoms with E-state index in [0.717, 1.165) is 6.54 Å². The number of hydrogen-bond donors (Lipinski definition) is 2. The predicted octanol–water partition coefficient (Wildman–Crippen LogP) is 0.684. The number of alkyl halides is 1. The minimum absolute atomic E-state index is 0.318. The third-order valence-corrected chi connectivity index (χ3v) is 1.87. The number of halogens is 1. The molecule has 0 unspecified atom stereocenters. The van der Waals surface area contributed by atoms with Crippen LogP contribution in [0.3, 0.4) is 0 Å². The largest absolute Gasteiger partial charge is 0.312 e. The Morgan fingerprint density at radius 3 is 2.73 bits per heavy atom. The van der Waals surface area contributed by atoms with E-state index in [-0.39, 0.29) is 0 Å². The molecule has 1 aliphatic heterocycles. The second-order valence-electron chi connectivity index (χ2n) is 3.51. The Kier molecular flexibility index (Phi) is 3.27. The molecule has 11 heavy (non-hydrogen) atoms. The van der Waals surface area contributed by atoms with Gasteiger partial charge in [0.05, 0.1) is 0 Å². The Labute approximate surface area is 67.6 Å². The summed E-state index contributed by atoms with van der Waals surface area (Å²) in [7, 11) is 0. The smallest absolute Gasteiger partial charge is 0.114 e. The lowest BCUT2D eigenvalue weighted by atomic mass is 10.1. The maximum absolute atomic E-state index is 12.8. The minimum atomic E-state index is -0.667. The molecule has 0 spiro atoms. The van der Waals surface area contributed by atoms with Gasteiger partial charge >= 0.3 is 0 Å². The number of rotatable bonds is 2. The van der Waals surface area contributed by atoms with E-state index in [4.69, 9.17) is 0 Å². The SMILES string of the molecule is CC(C)N[C@H]1CNC[C@H](F)C1. The quantitative estimate of drug-likeness (QED) is 0.621. The van der Waals surface area contributed by atoms with E-state index in [1.54, 1.807) is 0 Å². The normalized spacial score (nSPS) is 32.7. The van der Waals surface area contributed by atoms with E-state index >= 15 is 0 Å². The van der Waals surface area contributed by atoms with Gasteiger partial charge in [0.25, 0.3) is 0 Å². The van der Waals surface area contributed by atoms with Gasteiger partial charge in [0.2, 0.25) is 0 Å². The Morgan fingerprint density at radius 2 is 2.18 bits per heavy atom. The van der Waals surface area contributed by atoms with Crippen LogP contribution in [-0.4, -0.2) is 31.3 Å². The van der Waals surface area contributed by atoms with Crippen LogP contribution >= 0.6 is 0 Å². The zero-order valence-electron chi connectivity index (χ0n) is 7.23. The Balaban J connectivity index is 2.23. The maximum atomic E-state index is 12.8. The lowest BCUT2D eigenvalue weighted by Crippen LogP contribution is -2.49. The molecular weight excluding hydrogens is 143 g/mol. The van der Waals surface area contributed by atoms with Crippen LogP contribution < -0.4 is 10.6 Å². The van der Waals surface area contributed by atoms with Gasteiger partial charge in [-0.15, -0.1) is 0 Å². The summed E-state index contributed by atoms with van der Waals surface area (Å²) in [5.74, 6) is 0. The highest BCUT2D eigenvalue weighted by atomic mass is 19.1. The van der Waals surface area contributed by atoms with E-state index in [0.29, 0.717) is 25.0 Å². The molecule has 0 saturated carbocycles. The van der Waals surface area contributed by atoms with Crippen molar-refractivity contribution in [2.75, 3.05) is 13.1 Å². The summed E-state index contributed by atoms with van der Waals surface area (Å²) in [6.45, 7) is 5.60. The summed E-state index contributed by atoms with van der Waals surface area (Å²) in [5, 5.41) is 6.36. The first-order valence-corrected chi connectivity index (χ1v) is 4.29. The molecule has 0 aliphatic carbocycles. The zero-order valence-corrected chi connectivity index (χ0v) is 7.23. The average molecular weight is 160 g/mol. The molecule has 2 atom stereocenters. The fourth-order valence-electron chi connectivity index (χ4n) is 1.49. The molecule has 3 heteroatoms. The monoisotopic (exact) mass is 160 g/mol. The number of piperidine rings is 1. The predicted molar refractivity (Wildman–Crippen MR) is 44.4 cm³/mol. The van der Waals surface area contributed by atoms with Crippen molar-refractivity contribution in [2.45, 2.75) is 38.5 Å². The van der Waals surface area contributed by atoms with Crippen LogP contribution in [0.25, 0.3) is 0 Å². The highest BCUT2D eigenvalue weighted by molar-refractivity contribution is 4.81. The highest BCUT2D eigenvalue weighted by Crippen LogP contribution is 2.06. The van der Waals surface area contributed by atoms with Crippen molar-refractivity contribution in [1.29, 1.82) is 0 Å². The van der Waals surface area contributed by atoms with Crippen LogP contribution in [0.15, 0.2) is 0 Å². The van der Waals surface area contributed by atoms with Crippen LogP contribution in [0.4, 0.5) is 4.39 Å². The fraction of sp³-hybridized carbons (Fsp3) is 1.00. The highest BCUT2D eigenvalue weighted by Gasteiger charge is 2.20. The Bertz CT molecular complexity index is 115. The Morgan fingerprint density at radius 1 is 1.45 bits per heavy atom. The summed E-state index contributed by atoms with van der Waals surface area (Å²) in [6, 6.07) is 0.769. The molecule has 1 saturated heterocycles. The van der Waals surface area contributed by atoms with Crippen molar-refractivity contribution in [3.8, 4) is 0 Å². The molecule has 1 aliphatic rings. The van der Waals surface area contributed by atoms with E-state index in [2.05, 4.69) is 24.5 Å². The van der Waals surface area contributed by atoms with Crippen LogP contribution in [-0.2, 0) is 0 Å². The summed E-state index contributed by atoms with van der Waals surface area (Å²) >= 11 is 0. The van der Waals surface area contributed by atoms with Gasteiger partial charge in [0.15, 0.2) is 0 Å². The summed E-state index contributed by atoms with van der Waals surface area (Å²) in [6.07, 6.45) is -0.00875. The molecular formula is C8H17FN2. The van der Waals surface area contributed by atoms with Crippen molar-refractivity contribution in [2.24, 2.45) is 0 Å².